The largest absolute Gasteiger partial charge is 0.310 e. The number of nitrogens with zero attached hydrogens (tertiary/aromatic N) is 1. The van der Waals surface area contributed by atoms with Gasteiger partial charge in [-0.2, -0.15) is 0 Å². The van der Waals surface area contributed by atoms with Gasteiger partial charge >= 0.3 is 0 Å². The van der Waals surface area contributed by atoms with Gasteiger partial charge in [0.2, 0.25) is 0 Å². The Balaban J connectivity index is 1.41. The van der Waals surface area contributed by atoms with Crippen LogP contribution < -0.4 is 4.90 Å². The van der Waals surface area contributed by atoms with Crippen LogP contribution in [0.15, 0.2) is 186 Å². The molecule has 0 atom stereocenters. The zero-order chi connectivity index (χ0) is 29.7. The number of benzene rings is 7. The Kier molecular flexibility index (Phi) is 7.91. The molecule has 0 aliphatic carbocycles. The van der Waals surface area contributed by atoms with Crippen LogP contribution in [0.2, 0.25) is 0 Å². The Morgan fingerprint density at radius 1 is 0.295 bits per heavy atom. The Morgan fingerprint density at radius 2 is 0.591 bits per heavy atom. The van der Waals surface area contributed by atoms with E-state index in [4.69, 9.17) is 0 Å². The standard InChI is InChI=1S/C42H30BrN/c43-42-40(35-17-9-3-10-18-35)29-39(30-41(42)36-19-11-4-12-20-36)44(37-25-21-33(22-26-37)31-13-5-1-6-14-31)38-27-23-34(24-28-38)32-15-7-2-8-16-32/h1-30H. The van der Waals surface area contributed by atoms with Crippen LogP contribution in [-0.2, 0) is 0 Å². The fourth-order valence-electron chi connectivity index (χ4n) is 5.71. The summed E-state index contributed by atoms with van der Waals surface area (Å²) in [4.78, 5) is 2.36. The van der Waals surface area contributed by atoms with Gasteiger partial charge in [-0.1, -0.05) is 146 Å². The van der Waals surface area contributed by atoms with Crippen LogP contribution in [0.1, 0.15) is 0 Å². The normalized spacial score (nSPS) is 10.8. The second-order valence-corrected chi connectivity index (χ2v) is 11.5. The summed E-state index contributed by atoms with van der Waals surface area (Å²) in [6.07, 6.45) is 0. The van der Waals surface area contributed by atoms with Crippen molar-refractivity contribution in [3.05, 3.63) is 186 Å². The predicted molar refractivity (Wildman–Crippen MR) is 191 cm³/mol. The summed E-state index contributed by atoms with van der Waals surface area (Å²) in [6.45, 7) is 0. The maximum absolute atomic E-state index is 4.00. The Labute approximate surface area is 267 Å². The summed E-state index contributed by atoms with van der Waals surface area (Å²) in [7, 11) is 0. The molecule has 0 bridgehead atoms. The van der Waals surface area contributed by atoms with E-state index in [1.54, 1.807) is 0 Å². The van der Waals surface area contributed by atoms with Gasteiger partial charge in [0.25, 0.3) is 0 Å². The van der Waals surface area contributed by atoms with Crippen LogP contribution in [0, 0.1) is 0 Å². The van der Waals surface area contributed by atoms with Gasteiger partial charge < -0.3 is 4.90 Å². The first-order valence-electron chi connectivity index (χ1n) is 14.8. The molecule has 0 radical (unpaired) electrons. The molecule has 0 N–H and O–H groups in total. The van der Waals surface area contributed by atoms with Crippen molar-refractivity contribution < 1.29 is 0 Å². The van der Waals surface area contributed by atoms with E-state index >= 15 is 0 Å². The van der Waals surface area contributed by atoms with Crippen molar-refractivity contribution in [3.63, 3.8) is 0 Å². The first-order chi connectivity index (χ1) is 21.7. The highest BCUT2D eigenvalue weighted by Crippen LogP contribution is 2.44. The number of hydrogen-bond acceptors (Lipinski definition) is 1. The molecule has 0 aromatic heterocycles. The molecule has 0 saturated carbocycles. The second-order valence-electron chi connectivity index (χ2n) is 10.7. The molecule has 2 heteroatoms. The summed E-state index contributed by atoms with van der Waals surface area (Å²) in [5.41, 5.74) is 12.7. The van der Waals surface area contributed by atoms with Crippen LogP contribution in [0.4, 0.5) is 17.1 Å². The van der Waals surface area contributed by atoms with E-state index in [2.05, 4.69) is 203 Å². The molecule has 7 aromatic carbocycles. The number of rotatable bonds is 7. The van der Waals surface area contributed by atoms with Crippen molar-refractivity contribution in [1.82, 2.24) is 0 Å². The van der Waals surface area contributed by atoms with Gasteiger partial charge in [0.15, 0.2) is 0 Å². The van der Waals surface area contributed by atoms with E-state index in [-0.39, 0.29) is 0 Å². The molecule has 0 fully saturated rings. The van der Waals surface area contributed by atoms with Gasteiger partial charge in [0.1, 0.15) is 0 Å². The molecule has 0 saturated heterocycles. The van der Waals surface area contributed by atoms with Gasteiger partial charge in [0.05, 0.1) is 0 Å². The number of anilines is 3. The summed E-state index contributed by atoms with van der Waals surface area (Å²) in [6, 6.07) is 64.6. The van der Waals surface area contributed by atoms with E-state index in [9.17, 15) is 0 Å². The first-order valence-corrected chi connectivity index (χ1v) is 15.6. The molecule has 44 heavy (non-hydrogen) atoms. The van der Waals surface area contributed by atoms with E-state index in [1.165, 1.54) is 22.3 Å². The van der Waals surface area contributed by atoms with Gasteiger partial charge in [-0.05, 0) is 96.8 Å². The molecule has 0 aliphatic heterocycles. The Bertz CT molecular complexity index is 1820. The van der Waals surface area contributed by atoms with E-state index in [0.717, 1.165) is 43.8 Å². The highest BCUT2D eigenvalue weighted by atomic mass is 79.9. The van der Waals surface area contributed by atoms with Crippen LogP contribution >= 0.6 is 15.9 Å². The fraction of sp³-hybridized carbons (Fsp3) is 0. The van der Waals surface area contributed by atoms with Crippen molar-refractivity contribution in [2.45, 2.75) is 0 Å². The van der Waals surface area contributed by atoms with Gasteiger partial charge in [-0.15, -0.1) is 0 Å². The smallest absolute Gasteiger partial charge is 0.0474 e. The van der Waals surface area contributed by atoms with Crippen molar-refractivity contribution in [3.8, 4) is 44.5 Å². The monoisotopic (exact) mass is 627 g/mol. The lowest BCUT2D eigenvalue weighted by Crippen LogP contribution is -2.10. The average Bonchev–Trinajstić information content (AvgIpc) is 3.11. The minimum absolute atomic E-state index is 1.08. The maximum Gasteiger partial charge on any atom is 0.0474 e. The van der Waals surface area contributed by atoms with Crippen molar-refractivity contribution >= 4 is 33.0 Å². The van der Waals surface area contributed by atoms with E-state index in [0.29, 0.717) is 0 Å². The molecule has 0 heterocycles. The Hall–Kier alpha value is -5.18. The summed E-state index contributed by atoms with van der Waals surface area (Å²) < 4.78 is 1.08. The zero-order valence-electron chi connectivity index (χ0n) is 24.1. The third kappa shape index (κ3) is 5.73. The molecule has 7 aromatic rings. The lowest BCUT2D eigenvalue weighted by Gasteiger charge is -2.28. The van der Waals surface area contributed by atoms with E-state index < -0.39 is 0 Å². The third-order valence-electron chi connectivity index (χ3n) is 7.95. The molecule has 210 valence electrons. The highest BCUT2D eigenvalue weighted by Gasteiger charge is 2.19. The van der Waals surface area contributed by atoms with Crippen LogP contribution in [0.5, 0.6) is 0 Å². The van der Waals surface area contributed by atoms with Crippen LogP contribution in [-0.4, -0.2) is 0 Å². The predicted octanol–water partition coefficient (Wildman–Crippen LogP) is 12.6. The SMILES string of the molecule is Brc1c(-c2ccccc2)cc(N(c2ccc(-c3ccccc3)cc2)c2ccc(-c3ccccc3)cc2)cc1-c1ccccc1. The highest BCUT2D eigenvalue weighted by molar-refractivity contribution is 9.10. The fourth-order valence-corrected chi connectivity index (χ4v) is 6.39. The van der Waals surface area contributed by atoms with Gasteiger partial charge in [-0.3, -0.25) is 0 Å². The van der Waals surface area contributed by atoms with E-state index in [1.807, 2.05) is 0 Å². The third-order valence-corrected chi connectivity index (χ3v) is 8.80. The van der Waals surface area contributed by atoms with Crippen LogP contribution in [0.25, 0.3) is 44.5 Å². The molecule has 7 rings (SSSR count). The molecular weight excluding hydrogens is 598 g/mol. The molecule has 0 aliphatic rings. The first kappa shape index (κ1) is 27.6. The molecule has 0 spiro atoms. The van der Waals surface area contributed by atoms with Crippen molar-refractivity contribution in [1.29, 1.82) is 0 Å². The minimum Gasteiger partial charge on any atom is -0.310 e. The lowest BCUT2D eigenvalue weighted by atomic mass is 9.97. The average molecular weight is 629 g/mol. The maximum atomic E-state index is 4.00. The zero-order valence-corrected chi connectivity index (χ0v) is 25.7. The lowest BCUT2D eigenvalue weighted by molar-refractivity contribution is 1.28. The van der Waals surface area contributed by atoms with Crippen molar-refractivity contribution in [2.75, 3.05) is 4.90 Å². The second kappa shape index (κ2) is 12.6. The topological polar surface area (TPSA) is 3.24 Å². The van der Waals surface area contributed by atoms with Crippen LogP contribution in [0.3, 0.4) is 0 Å². The quantitative estimate of drug-likeness (QED) is 0.170. The molecule has 0 amide bonds. The molecular formula is C42H30BrN. The molecule has 0 unspecified atom stereocenters. The summed E-state index contributed by atoms with van der Waals surface area (Å²) in [5.74, 6) is 0. The minimum atomic E-state index is 1.08. The van der Waals surface area contributed by atoms with Gasteiger partial charge in [-0.25, -0.2) is 0 Å². The van der Waals surface area contributed by atoms with Gasteiger partial charge in [0, 0.05) is 21.5 Å². The van der Waals surface area contributed by atoms with Crippen molar-refractivity contribution in [2.24, 2.45) is 0 Å². The summed E-state index contributed by atoms with van der Waals surface area (Å²) >= 11 is 4.00. The summed E-state index contributed by atoms with van der Waals surface area (Å²) in [5, 5.41) is 0. The number of halogens is 1. The Morgan fingerprint density at radius 3 is 0.932 bits per heavy atom. The number of hydrogen-bond donors (Lipinski definition) is 0. The molecule has 1 nitrogen and oxygen atoms in total.